The molecular formula is C16H24N2O2S. The van der Waals surface area contributed by atoms with Gasteiger partial charge in [0.05, 0.1) is 0 Å². The first kappa shape index (κ1) is 16.2. The molecule has 1 aliphatic rings. The number of hydrogen-bond acceptors (Lipinski definition) is 4. The summed E-state index contributed by atoms with van der Waals surface area (Å²) < 4.78 is 0. The topological polar surface area (TPSA) is 52.6 Å². The summed E-state index contributed by atoms with van der Waals surface area (Å²) in [6.45, 7) is 0.565. The van der Waals surface area contributed by atoms with Crippen molar-refractivity contribution in [1.29, 1.82) is 0 Å². The van der Waals surface area contributed by atoms with Crippen LogP contribution in [0.3, 0.4) is 0 Å². The maximum atomic E-state index is 12.1. The Morgan fingerprint density at radius 3 is 2.48 bits per heavy atom. The molecule has 0 aliphatic carbocycles. The van der Waals surface area contributed by atoms with E-state index >= 15 is 0 Å². The van der Waals surface area contributed by atoms with Gasteiger partial charge >= 0.3 is 0 Å². The third-order valence-electron chi connectivity index (χ3n) is 3.89. The van der Waals surface area contributed by atoms with Gasteiger partial charge in [-0.25, -0.2) is 0 Å². The summed E-state index contributed by atoms with van der Waals surface area (Å²) in [4.78, 5) is 14.1. The van der Waals surface area contributed by atoms with Crippen molar-refractivity contribution in [3.63, 3.8) is 0 Å². The smallest absolute Gasteiger partial charge is 0.252 e. The molecule has 4 nitrogen and oxygen atoms in total. The van der Waals surface area contributed by atoms with Gasteiger partial charge in [0.2, 0.25) is 0 Å². The molecule has 0 bridgehead atoms. The van der Waals surface area contributed by atoms with Crippen LogP contribution in [0.2, 0.25) is 0 Å². The van der Waals surface area contributed by atoms with Gasteiger partial charge in [0.15, 0.2) is 0 Å². The number of anilines is 1. The fourth-order valence-corrected chi connectivity index (χ4v) is 3.55. The van der Waals surface area contributed by atoms with Crippen LogP contribution in [0, 0.1) is 0 Å². The van der Waals surface area contributed by atoms with Crippen LogP contribution in [0.15, 0.2) is 24.3 Å². The van der Waals surface area contributed by atoms with Crippen LogP contribution in [0.25, 0.3) is 0 Å². The zero-order chi connectivity index (χ0) is 15.3. The maximum absolute atomic E-state index is 12.1. The van der Waals surface area contributed by atoms with Gasteiger partial charge in [-0.1, -0.05) is 12.1 Å². The second kappa shape index (κ2) is 7.18. The average Bonchev–Trinajstić information content (AvgIpc) is 2.48. The van der Waals surface area contributed by atoms with E-state index in [1.807, 2.05) is 14.1 Å². The van der Waals surface area contributed by atoms with E-state index in [-0.39, 0.29) is 5.91 Å². The van der Waals surface area contributed by atoms with Gasteiger partial charge < -0.3 is 15.3 Å². The minimum absolute atomic E-state index is 0.215. The third kappa shape index (κ3) is 4.38. The molecule has 1 saturated heterocycles. The highest BCUT2D eigenvalue weighted by atomic mass is 32.2. The lowest BCUT2D eigenvalue weighted by Crippen LogP contribution is -2.49. The van der Waals surface area contributed by atoms with Crippen molar-refractivity contribution < 1.29 is 9.90 Å². The number of hydrogen-bond donors (Lipinski definition) is 2. The summed E-state index contributed by atoms with van der Waals surface area (Å²) >= 11 is 1.79. The second-order valence-corrected chi connectivity index (χ2v) is 6.94. The Bertz CT molecular complexity index is 468. The molecule has 0 atom stereocenters. The lowest BCUT2D eigenvalue weighted by Gasteiger charge is -2.30. The molecule has 0 aromatic heterocycles. The number of aliphatic hydroxyl groups is 1. The Morgan fingerprint density at radius 1 is 1.29 bits per heavy atom. The van der Waals surface area contributed by atoms with Crippen molar-refractivity contribution in [2.75, 3.05) is 37.0 Å². The summed E-state index contributed by atoms with van der Waals surface area (Å²) in [6, 6.07) is 8.30. The van der Waals surface area contributed by atoms with Crippen molar-refractivity contribution in [2.45, 2.75) is 24.9 Å². The summed E-state index contributed by atoms with van der Waals surface area (Å²) in [5.41, 5.74) is 1.20. The summed E-state index contributed by atoms with van der Waals surface area (Å²) in [6.07, 6.45) is 1.90. The number of thioether (sulfide) groups is 1. The molecule has 1 amide bonds. The van der Waals surface area contributed by atoms with Crippen LogP contribution in [0.4, 0.5) is 5.69 Å². The normalized spacial score (nSPS) is 17.3. The Kier molecular flexibility index (Phi) is 5.53. The minimum atomic E-state index is -1.15. The number of carbonyl (C=O) groups is 1. The molecule has 5 heteroatoms. The molecule has 1 aliphatic heterocycles. The van der Waals surface area contributed by atoms with Gasteiger partial charge in [0.1, 0.15) is 5.60 Å². The van der Waals surface area contributed by atoms with Gasteiger partial charge in [0, 0.05) is 26.3 Å². The predicted octanol–water partition coefficient (Wildman–Crippen LogP) is 1.67. The van der Waals surface area contributed by atoms with Gasteiger partial charge in [-0.15, -0.1) is 0 Å². The Labute approximate surface area is 130 Å². The van der Waals surface area contributed by atoms with E-state index in [0.29, 0.717) is 19.4 Å². The van der Waals surface area contributed by atoms with Crippen LogP contribution in [0.5, 0.6) is 0 Å². The molecular weight excluding hydrogens is 284 g/mol. The molecule has 0 radical (unpaired) electrons. The Hall–Kier alpha value is -1.20. The Balaban J connectivity index is 1.79. The van der Waals surface area contributed by atoms with E-state index in [4.69, 9.17) is 0 Å². The highest BCUT2D eigenvalue weighted by Crippen LogP contribution is 2.26. The molecule has 0 spiro atoms. The van der Waals surface area contributed by atoms with Crippen LogP contribution < -0.4 is 10.2 Å². The zero-order valence-corrected chi connectivity index (χ0v) is 13.6. The molecule has 1 aromatic carbocycles. The first-order chi connectivity index (χ1) is 10.0. The molecule has 21 heavy (non-hydrogen) atoms. The molecule has 0 unspecified atom stereocenters. The van der Waals surface area contributed by atoms with Crippen molar-refractivity contribution in [1.82, 2.24) is 5.32 Å². The van der Waals surface area contributed by atoms with Crippen LogP contribution in [-0.4, -0.2) is 48.8 Å². The SMILES string of the molecule is CN(C)c1ccc(CCNC(=O)C2(O)CCSCC2)cc1. The predicted molar refractivity (Wildman–Crippen MR) is 89.0 cm³/mol. The van der Waals surface area contributed by atoms with E-state index in [2.05, 4.69) is 34.5 Å². The monoisotopic (exact) mass is 308 g/mol. The molecule has 0 saturated carbocycles. The van der Waals surface area contributed by atoms with Crippen molar-refractivity contribution >= 4 is 23.4 Å². The van der Waals surface area contributed by atoms with E-state index in [1.54, 1.807) is 11.8 Å². The number of nitrogens with one attached hydrogen (secondary N) is 1. The molecule has 1 heterocycles. The number of benzene rings is 1. The Morgan fingerprint density at radius 2 is 1.90 bits per heavy atom. The summed E-state index contributed by atoms with van der Waals surface area (Å²) in [5, 5.41) is 13.2. The van der Waals surface area contributed by atoms with Gasteiger partial charge in [-0.3, -0.25) is 4.79 Å². The summed E-state index contributed by atoms with van der Waals surface area (Å²) in [5.74, 6) is 1.50. The molecule has 1 aromatic rings. The maximum Gasteiger partial charge on any atom is 0.252 e. The number of amides is 1. The highest BCUT2D eigenvalue weighted by Gasteiger charge is 2.36. The van der Waals surface area contributed by atoms with Crippen LogP contribution >= 0.6 is 11.8 Å². The first-order valence-corrected chi connectivity index (χ1v) is 8.51. The van der Waals surface area contributed by atoms with Gasteiger partial charge in [0.25, 0.3) is 5.91 Å². The van der Waals surface area contributed by atoms with Crippen molar-refractivity contribution in [3.8, 4) is 0 Å². The highest BCUT2D eigenvalue weighted by molar-refractivity contribution is 7.99. The van der Waals surface area contributed by atoms with Gasteiger partial charge in [-0.2, -0.15) is 11.8 Å². The van der Waals surface area contributed by atoms with Gasteiger partial charge in [-0.05, 0) is 48.5 Å². The van der Waals surface area contributed by atoms with Crippen LogP contribution in [-0.2, 0) is 11.2 Å². The fraction of sp³-hybridized carbons (Fsp3) is 0.562. The fourth-order valence-electron chi connectivity index (χ4n) is 2.38. The lowest BCUT2D eigenvalue weighted by atomic mass is 9.96. The third-order valence-corrected chi connectivity index (χ3v) is 4.88. The average molecular weight is 308 g/mol. The molecule has 2 N–H and O–H groups in total. The molecule has 1 fully saturated rings. The molecule has 2 rings (SSSR count). The van der Waals surface area contributed by atoms with Crippen molar-refractivity contribution in [2.24, 2.45) is 0 Å². The lowest BCUT2D eigenvalue weighted by molar-refractivity contribution is -0.140. The van der Waals surface area contributed by atoms with Crippen LogP contribution in [0.1, 0.15) is 18.4 Å². The number of carbonyl (C=O) groups excluding carboxylic acids is 1. The zero-order valence-electron chi connectivity index (χ0n) is 12.8. The molecule has 116 valence electrons. The first-order valence-electron chi connectivity index (χ1n) is 7.36. The quantitative estimate of drug-likeness (QED) is 0.869. The van der Waals surface area contributed by atoms with Crippen molar-refractivity contribution in [3.05, 3.63) is 29.8 Å². The van der Waals surface area contributed by atoms with E-state index in [9.17, 15) is 9.90 Å². The number of nitrogens with zero attached hydrogens (tertiary/aromatic N) is 1. The van der Waals surface area contributed by atoms with E-state index < -0.39 is 5.60 Å². The number of rotatable bonds is 5. The standard InChI is InChI=1S/C16H24N2O2S/c1-18(2)14-5-3-13(4-6-14)7-10-17-15(19)16(20)8-11-21-12-9-16/h3-6,20H,7-12H2,1-2H3,(H,17,19). The minimum Gasteiger partial charge on any atom is -0.380 e. The van der Waals surface area contributed by atoms with E-state index in [0.717, 1.165) is 23.6 Å². The van der Waals surface area contributed by atoms with E-state index in [1.165, 1.54) is 5.56 Å². The summed E-state index contributed by atoms with van der Waals surface area (Å²) in [7, 11) is 4.02. The second-order valence-electron chi connectivity index (χ2n) is 5.71. The largest absolute Gasteiger partial charge is 0.380 e.